The van der Waals surface area contributed by atoms with Gasteiger partial charge in [0.2, 0.25) is 10.0 Å². The van der Waals surface area contributed by atoms with Crippen LogP contribution in [0.3, 0.4) is 0 Å². The lowest BCUT2D eigenvalue weighted by Crippen LogP contribution is -2.35. The van der Waals surface area contributed by atoms with Crippen LogP contribution < -0.4 is 10.3 Å². The number of halogens is 1. The highest BCUT2D eigenvalue weighted by Gasteiger charge is 2.26. The highest BCUT2D eigenvalue weighted by Crippen LogP contribution is 2.29. The van der Waals surface area contributed by atoms with Gasteiger partial charge < -0.3 is 10.1 Å². The third kappa shape index (κ3) is 4.06. The number of hydrogen-bond acceptors (Lipinski definition) is 4. The molecule has 2 atom stereocenters. The molecular weight excluding hydrogens is 316 g/mol. The van der Waals surface area contributed by atoms with Crippen molar-refractivity contribution in [2.24, 2.45) is 11.8 Å². The maximum Gasteiger partial charge on any atom is 0.266 e. The molecule has 2 rings (SSSR count). The van der Waals surface area contributed by atoms with Gasteiger partial charge in [0.1, 0.15) is 5.02 Å². The van der Waals surface area contributed by atoms with Gasteiger partial charge in [0.15, 0.2) is 0 Å². The summed E-state index contributed by atoms with van der Waals surface area (Å²) in [5.41, 5.74) is -0.525. The molecule has 1 aliphatic carbocycles. The largest absolute Gasteiger partial charge is 0.396 e. The van der Waals surface area contributed by atoms with Crippen LogP contribution in [0.25, 0.3) is 0 Å². The summed E-state index contributed by atoms with van der Waals surface area (Å²) >= 11 is 5.65. The standard InChI is InChI=1S/C13H19ClN2O4S/c14-12-5-11(7-15-13(12)18)21(19,20)16-6-9-3-1-2-4-10(9)8-17/h5,7,9-10,16-17H,1-4,6,8H2,(H,15,18). The van der Waals surface area contributed by atoms with Crippen molar-refractivity contribution in [1.29, 1.82) is 0 Å². The molecule has 1 aromatic rings. The second-order valence-electron chi connectivity index (χ2n) is 5.35. The summed E-state index contributed by atoms with van der Waals surface area (Å²) in [6.07, 6.45) is 5.08. The highest BCUT2D eigenvalue weighted by molar-refractivity contribution is 7.89. The van der Waals surface area contributed by atoms with E-state index in [2.05, 4.69) is 9.71 Å². The first kappa shape index (κ1) is 16.5. The van der Waals surface area contributed by atoms with Crippen LogP contribution in [0, 0.1) is 11.8 Å². The summed E-state index contributed by atoms with van der Waals surface area (Å²) in [5, 5.41) is 9.18. The van der Waals surface area contributed by atoms with E-state index >= 15 is 0 Å². The number of aliphatic hydroxyl groups is 1. The first-order valence-electron chi connectivity index (χ1n) is 6.93. The molecule has 6 nitrogen and oxygen atoms in total. The van der Waals surface area contributed by atoms with Crippen molar-refractivity contribution < 1.29 is 13.5 Å². The van der Waals surface area contributed by atoms with Gasteiger partial charge in [-0.05, 0) is 30.7 Å². The predicted octanol–water partition coefficient (Wildman–Crippen LogP) is 1.11. The molecule has 1 fully saturated rings. The maximum atomic E-state index is 12.2. The first-order chi connectivity index (χ1) is 9.94. The minimum atomic E-state index is -3.72. The molecule has 1 saturated carbocycles. The van der Waals surface area contributed by atoms with Crippen LogP contribution in [0.15, 0.2) is 22.0 Å². The van der Waals surface area contributed by atoms with Crippen molar-refractivity contribution in [1.82, 2.24) is 9.71 Å². The van der Waals surface area contributed by atoms with Crippen molar-refractivity contribution in [2.75, 3.05) is 13.2 Å². The molecule has 21 heavy (non-hydrogen) atoms. The average Bonchev–Trinajstić information content (AvgIpc) is 2.48. The Morgan fingerprint density at radius 3 is 2.62 bits per heavy atom. The van der Waals surface area contributed by atoms with E-state index in [1.807, 2.05) is 0 Å². The molecule has 1 heterocycles. The third-order valence-electron chi connectivity index (χ3n) is 3.98. The van der Waals surface area contributed by atoms with Gasteiger partial charge in [-0.25, -0.2) is 13.1 Å². The van der Waals surface area contributed by atoms with E-state index in [-0.39, 0.29) is 34.9 Å². The summed E-state index contributed by atoms with van der Waals surface area (Å²) in [6, 6.07) is 1.13. The number of pyridine rings is 1. The lowest BCUT2D eigenvalue weighted by Gasteiger charge is -2.30. The third-order valence-corrected chi connectivity index (χ3v) is 5.66. The molecule has 1 aliphatic rings. The van der Waals surface area contributed by atoms with E-state index in [0.717, 1.165) is 37.9 Å². The van der Waals surface area contributed by atoms with Crippen LogP contribution in [0.4, 0.5) is 0 Å². The lowest BCUT2D eigenvalue weighted by molar-refractivity contribution is 0.136. The molecule has 8 heteroatoms. The number of rotatable bonds is 5. The van der Waals surface area contributed by atoms with Gasteiger partial charge in [-0.2, -0.15) is 0 Å². The topological polar surface area (TPSA) is 99.3 Å². The predicted molar refractivity (Wildman–Crippen MR) is 79.8 cm³/mol. The van der Waals surface area contributed by atoms with Gasteiger partial charge in [0.05, 0.1) is 4.90 Å². The number of aliphatic hydroxyl groups excluding tert-OH is 1. The zero-order valence-electron chi connectivity index (χ0n) is 11.5. The van der Waals surface area contributed by atoms with E-state index in [4.69, 9.17) is 11.6 Å². The minimum absolute atomic E-state index is 0.0662. The van der Waals surface area contributed by atoms with Crippen LogP contribution in [0.2, 0.25) is 5.02 Å². The zero-order chi connectivity index (χ0) is 15.5. The van der Waals surface area contributed by atoms with Gasteiger partial charge >= 0.3 is 0 Å². The Hall–Kier alpha value is -0.890. The van der Waals surface area contributed by atoms with E-state index in [0.29, 0.717) is 0 Å². The SMILES string of the molecule is O=c1[nH]cc(S(=O)(=O)NCC2CCCCC2CO)cc1Cl. The molecule has 3 N–H and O–H groups in total. The molecule has 118 valence electrons. The molecule has 0 spiro atoms. The Balaban J connectivity index is 2.06. The zero-order valence-corrected chi connectivity index (χ0v) is 13.1. The molecule has 1 aromatic heterocycles. The number of sulfonamides is 1. The summed E-state index contributed by atoms with van der Waals surface area (Å²) in [5.74, 6) is 0.275. The van der Waals surface area contributed by atoms with Crippen molar-refractivity contribution in [3.63, 3.8) is 0 Å². The van der Waals surface area contributed by atoms with E-state index in [1.54, 1.807) is 0 Å². The Morgan fingerprint density at radius 1 is 1.33 bits per heavy atom. The van der Waals surface area contributed by atoms with Crippen LogP contribution >= 0.6 is 11.6 Å². The fraction of sp³-hybridized carbons (Fsp3) is 0.615. The van der Waals surface area contributed by atoms with E-state index in [9.17, 15) is 18.3 Å². The minimum Gasteiger partial charge on any atom is -0.396 e. The van der Waals surface area contributed by atoms with Gasteiger partial charge in [-0.3, -0.25) is 4.79 Å². The number of aromatic nitrogens is 1. The van der Waals surface area contributed by atoms with Crippen LogP contribution in [-0.4, -0.2) is 31.7 Å². The van der Waals surface area contributed by atoms with Gasteiger partial charge in [-0.1, -0.05) is 24.4 Å². The smallest absolute Gasteiger partial charge is 0.266 e. The van der Waals surface area contributed by atoms with Gasteiger partial charge in [-0.15, -0.1) is 0 Å². The molecule has 0 bridgehead atoms. The first-order valence-corrected chi connectivity index (χ1v) is 8.79. The van der Waals surface area contributed by atoms with Crippen molar-refractivity contribution in [2.45, 2.75) is 30.6 Å². The second-order valence-corrected chi connectivity index (χ2v) is 7.53. The van der Waals surface area contributed by atoms with E-state index in [1.165, 1.54) is 0 Å². The summed E-state index contributed by atoms with van der Waals surface area (Å²) < 4.78 is 26.9. The second kappa shape index (κ2) is 6.91. The molecule has 2 unspecified atom stereocenters. The van der Waals surface area contributed by atoms with Crippen LogP contribution in [-0.2, 0) is 10.0 Å². The number of aromatic amines is 1. The van der Waals surface area contributed by atoms with Crippen molar-refractivity contribution in [3.8, 4) is 0 Å². The Bertz CT molecular complexity index is 644. The fourth-order valence-electron chi connectivity index (χ4n) is 2.69. The average molecular weight is 335 g/mol. The van der Waals surface area contributed by atoms with Crippen LogP contribution in [0.5, 0.6) is 0 Å². The lowest BCUT2D eigenvalue weighted by atomic mass is 9.80. The fourth-order valence-corrected chi connectivity index (χ4v) is 4.01. The summed E-state index contributed by atoms with van der Waals surface area (Å²) in [6.45, 7) is 0.362. The van der Waals surface area contributed by atoms with Gasteiger partial charge in [0, 0.05) is 19.3 Å². The quantitative estimate of drug-likeness (QED) is 0.751. The monoisotopic (exact) mass is 334 g/mol. The molecule has 0 amide bonds. The van der Waals surface area contributed by atoms with E-state index < -0.39 is 15.6 Å². The molecule has 0 aromatic carbocycles. The normalized spacial score (nSPS) is 23.1. The van der Waals surface area contributed by atoms with Crippen LogP contribution in [0.1, 0.15) is 25.7 Å². The molecule has 0 saturated heterocycles. The Morgan fingerprint density at radius 2 is 2.00 bits per heavy atom. The highest BCUT2D eigenvalue weighted by atomic mass is 35.5. The number of nitrogens with one attached hydrogen (secondary N) is 2. The number of H-pyrrole nitrogens is 1. The Kier molecular flexibility index (Phi) is 5.43. The maximum absolute atomic E-state index is 12.2. The summed E-state index contributed by atoms with van der Waals surface area (Å²) in [4.78, 5) is 13.4. The van der Waals surface area contributed by atoms with Crippen molar-refractivity contribution >= 4 is 21.6 Å². The number of hydrogen-bond donors (Lipinski definition) is 3. The van der Waals surface area contributed by atoms with Gasteiger partial charge in [0.25, 0.3) is 5.56 Å². The molecule has 0 aliphatic heterocycles. The molecule has 0 radical (unpaired) electrons. The van der Waals surface area contributed by atoms with Crippen molar-refractivity contribution in [3.05, 3.63) is 27.6 Å². The Labute approximate surface area is 128 Å². The summed E-state index contributed by atoms with van der Waals surface area (Å²) in [7, 11) is -3.72. The molecular formula is C13H19ClN2O4S.